The number of fused-ring (bicyclic) bond motifs is 2. The van der Waals surface area contributed by atoms with E-state index in [0.717, 1.165) is 16.8 Å². The van der Waals surface area contributed by atoms with E-state index in [2.05, 4.69) is 0 Å². The number of carbonyl (C=O) groups is 3. The number of aryl methyl sites for hydroxylation is 2. The summed E-state index contributed by atoms with van der Waals surface area (Å²) in [5.74, 6) is -2.62. The Morgan fingerprint density at radius 2 is 1.85 bits per heavy atom. The highest BCUT2D eigenvalue weighted by Crippen LogP contribution is 2.53. The van der Waals surface area contributed by atoms with Crippen LogP contribution in [0.25, 0.3) is 0 Å². The summed E-state index contributed by atoms with van der Waals surface area (Å²) >= 11 is 0. The highest BCUT2D eigenvalue weighted by molar-refractivity contribution is 6.06. The van der Waals surface area contributed by atoms with Gasteiger partial charge in [0.2, 0.25) is 5.91 Å². The molecule has 1 N–H and O–H groups in total. The van der Waals surface area contributed by atoms with E-state index in [1.807, 2.05) is 44.2 Å². The number of cyclic esters (lactones) is 1. The Morgan fingerprint density at radius 1 is 1.09 bits per heavy atom. The molecule has 180 valence electrons. The van der Waals surface area contributed by atoms with E-state index in [1.165, 1.54) is 0 Å². The Hall–Kier alpha value is -2.97. The van der Waals surface area contributed by atoms with Crippen LogP contribution in [0.3, 0.4) is 0 Å². The van der Waals surface area contributed by atoms with E-state index in [0.29, 0.717) is 25.9 Å². The SMILES string of the molecule is Cc1cccc(C)c1N1CC=C[C@]23O[C@H]4C=CCOC(=O)[C@H]4[C@H]2C(=O)N(CCCCO)C3C1=O. The van der Waals surface area contributed by atoms with Crippen molar-refractivity contribution in [2.24, 2.45) is 11.8 Å². The summed E-state index contributed by atoms with van der Waals surface area (Å²) in [5.41, 5.74) is 1.50. The third kappa shape index (κ3) is 3.31. The average Bonchev–Trinajstić information content (AvgIpc) is 3.10. The predicted molar refractivity (Wildman–Crippen MR) is 124 cm³/mol. The summed E-state index contributed by atoms with van der Waals surface area (Å²) in [4.78, 5) is 44.3. The zero-order chi connectivity index (χ0) is 24.0. The Morgan fingerprint density at radius 3 is 2.59 bits per heavy atom. The minimum Gasteiger partial charge on any atom is -0.461 e. The largest absolute Gasteiger partial charge is 0.461 e. The smallest absolute Gasteiger partial charge is 0.313 e. The van der Waals surface area contributed by atoms with Gasteiger partial charge in [-0.25, -0.2) is 0 Å². The van der Waals surface area contributed by atoms with Gasteiger partial charge in [-0.05, 0) is 43.9 Å². The molecule has 4 heterocycles. The van der Waals surface area contributed by atoms with Gasteiger partial charge >= 0.3 is 5.97 Å². The minimum absolute atomic E-state index is 0.00195. The molecule has 8 heteroatoms. The topological polar surface area (TPSA) is 96.4 Å². The molecule has 0 saturated carbocycles. The lowest BCUT2D eigenvalue weighted by Crippen LogP contribution is -2.55. The molecular weight excluding hydrogens is 436 g/mol. The maximum Gasteiger partial charge on any atom is 0.313 e. The number of benzene rings is 1. The van der Waals surface area contributed by atoms with Gasteiger partial charge in [-0.15, -0.1) is 0 Å². The van der Waals surface area contributed by atoms with Gasteiger partial charge < -0.3 is 24.4 Å². The van der Waals surface area contributed by atoms with E-state index in [9.17, 15) is 19.5 Å². The van der Waals surface area contributed by atoms with Gasteiger partial charge in [-0.2, -0.15) is 0 Å². The molecule has 1 aromatic rings. The predicted octanol–water partition coefficient (Wildman–Crippen LogP) is 1.67. The van der Waals surface area contributed by atoms with Gasteiger partial charge in [-0.3, -0.25) is 14.4 Å². The number of esters is 1. The molecule has 1 spiro atoms. The maximum atomic E-state index is 14.2. The summed E-state index contributed by atoms with van der Waals surface area (Å²) in [7, 11) is 0. The van der Waals surface area contributed by atoms with Gasteiger partial charge in [0, 0.05) is 25.4 Å². The molecule has 1 aromatic carbocycles. The van der Waals surface area contributed by atoms with Gasteiger partial charge in [0.1, 0.15) is 24.2 Å². The number of nitrogens with zero attached hydrogens (tertiary/aromatic N) is 2. The molecule has 0 aromatic heterocycles. The number of likely N-dealkylation sites (tertiary alicyclic amines) is 1. The lowest BCUT2D eigenvalue weighted by molar-refractivity contribution is -0.152. The Bertz CT molecular complexity index is 1060. The molecule has 5 rings (SSSR count). The number of unbranched alkanes of at least 4 members (excludes halogenated alkanes) is 1. The fourth-order valence-corrected chi connectivity index (χ4v) is 6.03. The quantitative estimate of drug-likeness (QED) is 0.403. The van der Waals surface area contributed by atoms with Crippen LogP contribution in [0, 0.1) is 25.7 Å². The Balaban J connectivity index is 1.62. The fourth-order valence-electron chi connectivity index (χ4n) is 6.03. The standard InChI is InChI=1S/C26H30N2O6/c1-16-8-5-9-17(2)21(16)27-13-7-11-26-20(19-18(34-26)10-6-15-33-25(19)32)23(30)28(12-3-4-14-29)22(26)24(27)31/h5-11,18-20,22,29H,3-4,12-15H2,1-2H3/t18-,19+,20-,22?,26-/m0/s1. The van der Waals surface area contributed by atoms with Crippen molar-refractivity contribution >= 4 is 23.5 Å². The van der Waals surface area contributed by atoms with Crippen molar-refractivity contribution in [3.05, 3.63) is 53.6 Å². The number of rotatable bonds is 5. The molecule has 0 aliphatic carbocycles. The minimum atomic E-state index is -1.26. The van der Waals surface area contributed by atoms with Crippen LogP contribution in [0.1, 0.15) is 24.0 Å². The van der Waals surface area contributed by atoms with Gasteiger partial charge in [0.15, 0.2) is 0 Å². The van der Waals surface area contributed by atoms with Crippen molar-refractivity contribution in [2.75, 3.05) is 31.2 Å². The summed E-state index contributed by atoms with van der Waals surface area (Å²) in [6, 6.07) is 4.98. The van der Waals surface area contributed by atoms with Crippen LogP contribution in [0.4, 0.5) is 5.69 Å². The molecule has 4 aliphatic heterocycles. The van der Waals surface area contributed by atoms with Gasteiger partial charge in [0.05, 0.1) is 12.0 Å². The maximum absolute atomic E-state index is 14.2. The lowest BCUT2D eigenvalue weighted by Gasteiger charge is -2.36. The number of anilines is 1. The number of amides is 2. The number of para-hydroxylation sites is 1. The highest BCUT2D eigenvalue weighted by Gasteiger charge is 2.71. The third-order valence-electron chi connectivity index (χ3n) is 7.43. The number of ether oxygens (including phenoxy) is 2. The van der Waals surface area contributed by atoms with E-state index in [1.54, 1.807) is 22.0 Å². The fraction of sp³-hybridized carbons (Fsp3) is 0.500. The number of aliphatic hydroxyl groups is 1. The average molecular weight is 467 g/mol. The first kappa shape index (κ1) is 22.8. The first-order chi connectivity index (χ1) is 16.4. The Labute approximate surface area is 198 Å². The van der Waals surface area contributed by atoms with Gasteiger partial charge in [-0.1, -0.05) is 36.4 Å². The molecule has 8 nitrogen and oxygen atoms in total. The second-order valence-electron chi connectivity index (χ2n) is 9.45. The first-order valence-corrected chi connectivity index (χ1v) is 11.9. The van der Waals surface area contributed by atoms with Crippen LogP contribution >= 0.6 is 0 Å². The molecular formula is C26H30N2O6. The zero-order valence-electron chi connectivity index (χ0n) is 19.5. The van der Waals surface area contributed by atoms with Gasteiger partial charge in [0.25, 0.3) is 5.91 Å². The van der Waals surface area contributed by atoms with E-state index >= 15 is 0 Å². The van der Waals surface area contributed by atoms with Crippen molar-refractivity contribution in [2.45, 2.75) is 44.4 Å². The monoisotopic (exact) mass is 466 g/mol. The summed E-state index contributed by atoms with van der Waals surface area (Å²) in [5, 5.41) is 9.28. The molecule has 2 fully saturated rings. The summed E-state index contributed by atoms with van der Waals surface area (Å²) in [6.07, 6.45) is 7.63. The second-order valence-corrected chi connectivity index (χ2v) is 9.45. The lowest BCUT2D eigenvalue weighted by atomic mass is 9.78. The van der Waals surface area contributed by atoms with Crippen molar-refractivity contribution in [3.8, 4) is 0 Å². The van der Waals surface area contributed by atoms with Crippen LogP contribution in [-0.4, -0.2) is 71.8 Å². The van der Waals surface area contributed by atoms with E-state index < -0.39 is 35.6 Å². The van der Waals surface area contributed by atoms with Crippen molar-refractivity contribution in [1.82, 2.24) is 4.90 Å². The van der Waals surface area contributed by atoms with Crippen LogP contribution in [-0.2, 0) is 23.9 Å². The van der Waals surface area contributed by atoms with E-state index in [-0.39, 0.29) is 25.0 Å². The normalized spacial score (nSPS) is 32.3. The molecule has 0 radical (unpaired) electrons. The molecule has 1 unspecified atom stereocenters. The Kier molecular flexibility index (Phi) is 5.81. The number of hydrogen-bond acceptors (Lipinski definition) is 6. The zero-order valence-corrected chi connectivity index (χ0v) is 19.5. The number of aliphatic hydroxyl groups excluding tert-OH is 1. The van der Waals surface area contributed by atoms with Crippen LogP contribution in [0.2, 0.25) is 0 Å². The molecule has 2 amide bonds. The summed E-state index contributed by atoms with van der Waals surface area (Å²) < 4.78 is 11.8. The highest BCUT2D eigenvalue weighted by atomic mass is 16.6. The molecule has 5 atom stereocenters. The van der Waals surface area contributed by atoms with Crippen molar-refractivity contribution < 1.29 is 29.0 Å². The number of carbonyl (C=O) groups excluding carboxylic acids is 3. The third-order valence-corrected chi connectivity index (χ3v) is 7.43. The molecule has 4 aliphatic rings. The molecule has 2 saturated heterocycles. The number of hydrogen-bond donors (Lipinski definition) is 1. The van der Waals surface area contributed by atoms with Crippen LogP contribution < -0.4 is 4.90 Å². The van der Waals surface area contributed by atoms with Crippen molar-refractivity contribution in [1.29, 1.82) is 0 Å². The second kappa shape index (κ2) is 8.67. The molecule has 34 heavy (non-hydrogen) atoms. The van der Waals surface area contributed by atoms with Crippen LogP contribution in [0.15, 0.2) is 42.5 Å². The van der Waals surface area contributed by atoms with E-state index in [4.69, 9.17) is 9.47 Å². The van der Waals surface area contributed by atoms with Crippen molar-refractivity contribution in [3.63, 3.8) is 0 Å². The van der Waals surface area contributed by atoms with Crippen LogP contribution in [0.5, 0.6) is 0 Å². The first-order valence-electron chi connectivity index (χ1n) is 11.9. The molecule has 0 bridgehead atoms. The summed E-state index contributed by atoms with van der Waals surface area (Å²) in [6.45, 7) is 4.71.